The molecule has 1 aliphatic carbocycles. The average Bonchev–Trinajstić information content (AvgIpc) is 3.50. The summed E-state index contributed by atoms with van der Waals surface area (Å²) in [7, 11) is -2.06. The number of hydrogen-bond acceptors (Lipinski definition) is 5. The lowest BCUT2D eigenvalue weighted by Gasteiger charge is -2.15. The van der Waals surface area contributed by atoms with Crippen molar-refractivity contribution in [1.82, 2.24) is 4.72 Å². The lowest BCUT2D eigenvalue weighted by atomic mass is 9.87. The van der Waals surface area contributed by atoms with E-state index in [-0.39, 0.29) is 17.5 Å². The van der Waals surface area contributed by atoms with Crippen molar-refractivity contribution in [3.63, 3.8) is 0 Å². The summed E-state index contributed by atoms with van der Waals surface area (Å²) in [4.78, 5) is 13.4. The van der Waals surface area contributed by atoms with Gasteiger partial charge in [0, 0.05) is 6.42 Å². The van der Waals surface area contributed by atoms with E-state index in [0.29, 0.717) is 12.2 Å². The molecular weight excluding hydrogens is 426 g/mol. The van der Waals surface area contributed by atoms with E-state index in [1.807, 2.05) is 42.5 Å². The summed E-state index contributed by atoms with van der Waals surface area (Å²) in [5.41, 5.74) is 3.41. The third-order valence-electron chi connectivity index (χ3n) is 6.29. The summed E-state index contributed by atoms with van der Waals surface area (Å²) in [6.45, 7) is 0.222. The Kier molecular flexibility index (Phi) is 5.03. The maximum Gasteiger partial charge on any atom is 0.240 e. The molecule has 1 N–H and O–H groups in total. The zero-order valence-electron chi connectivity index (χ0n) is 17.6. The van der Waals surface area contributed by atoms with E-state index in [1.165, 1.54) is 7.05 Å². The van der Waals surface area contributed by atoms with Crippen LogP contribution in [0.5, 0.6) is 11.5 Å². The summed E-state index contributed by atoms with van der Waals surface area (Å²) in [6, 6.07) is 20.4. The van der Waals surface area contributed by atoms with Crippen molar-refractivity contribution >= 4 is 15.8 Å². The number of carbonyl (C=O) groups is 1. The number of carbonyl (C=O) groups excluding carboxylic acids is 1. The summed E-state index contributed by atoms with van der Waals surface area (Å²) in [5, 5.41) is 0. The molecule has 0 radical (unpaired) electrons. The van der Waals surface area contributed by atoms with Crippen molar-refractivity contribution in [2.75, 3.05) is 13.8 Å². The van der Waals surface area contributed by atoms with Crippen LogP contribution in [0.4, 0.5) is 0 Å². The van der Waals surface area contributed by atoms with E-state index in [1.54, 1.807) is 24.3 Å². The van der Waals surface area contributed by atoms with E-state index >= 15 is 0 Å². The first-order valence-corrected chi connectivity index (χ1v) is 12.0. The molecule has 0 bridgehead atoms. The number of ketones is 1. The largest absolute Gasteiger partial charge is 0.454 e. The molecule has 3 aromatic carbocycles. The Morgan fingerprint density at radius 3 is 2.16 bits per heavy atom. The molecule has 2 aliphatic rings. The maximum atomic E-state index is 13.2. The van der Waals surface area contributed by atoms with Crippen molar-refractivity contribution in [2.24, 2.45) is 0 Å². The van der Waals surface area contributed by atoms with E-state index in [0.717, 1.165) is 40.8 Å². The van der Waals surface area contributed by atoms with Gasteiger partial charge >= 0.3 is 0 Å². The molecule has 7 heteroatoms. The first-order chi connectivity index (χ1) is 15.4. The molecule has 164 valence electrons. The monoisotopic (exact) mass is 449 g/mol. The van der Waals surface area contributed by atoms with Gasteiger partial charge in [-0.15, -0.1) is 0 Å². The van der Waals surface area contributed by atoms with Crippen LogP contribution in [0.25, 0.3) is 11.1 Å². The van der Waals surface area contributed by atoms with Gasteiger partial charge in [0.1, 0.15) is 5.78 Å². The van der Waals surface area contributed by atoms with Crippen molar-refractivity contribution in [1.29, 1.82) is 0 Å². The highest BCUT2D eigenvalue weighted by molar-refractivity contribution is 7.89. The Hall–Kier alpha value is -3.16. The Morgan fingerprint density at radius 2 is 1.53 bits per heavy atom. The molecule has 6 nitrogen and oxygen atoms in total. The van der Waals surface area contributed by atoms with Crippen LogP contribution in [0.1, 0.15) is 24.0 Å². The molecule has 0 unspecified atom stereocenters. The zero-order valence-corrected chi connectivity index (χ0v) is 18.4. The second-order valence-corrected chi connectivity index (χ2v) is 10.1. The minimum absolute atomic E-state index is 0.214. The van der Waals surface area contributed by atoms with Crippen molar-refractivity contribution in [2.45, 2.75) is 29.6 Å². The average molecular weight is 450 g/mol. The number of rotatable bonds is 7. The quantitative estimate of drug-likeness (QED) is 0.593. The maximum absolute atomic E-state index is 13.2. The van der Waals surface area contributed by atoms with Gasteiger partial charge in [0.05, 0.1) is 10.3 Å². The fraction of sp³-hybridized carbons (Fsp3) is 0.240. The van der Waals surface area contributed by atoms with Gasteiger partial charge in [-0.05, 0) is 66.4 Å². The molecule has 0 amide bonds. The van der Waals surface area contributed by atoms with Gasteiger partial charge in [0.15, 0.2) is 11.5 Å². The number of fused-ring (bicyclic) bond motifs is 1. The molecule has 1 heterocycles. The van der Waals surface area contributed by atoms with Crippen LogP contribution in [0.2, 0.25) is 0 Å². The second-order valence-electron chi connectivity index (χ2n) is 8.18. The molecule has 1 saturated carbocycles. The van der Waals surface area contributed by atoms with Gasteiger partial charge in [-0.2, -0.15) is 0 Å². The Balaban J connectivity index is 1.30. The van der Waals surface area contributed by atoms with Crippen LogP contribution < -0.4 is 14.2 Å². The van der Waals surface area contributed by atoms with E-state index in [4.69, 9.17) is 9.47 Å². The minimum Gasteiger partial charge on any atom is -0.454 e. The Labute approximate surface area is 187 Å². The molecule has 5 rings (SSSR count). The smallest absolute Gasteiger partial charge is 0.240 e. The normalized spacial score (nSPS) is 16.0. The number of nitrogens with one attached hydrogen (secondary N) is 1. The van der Waals surface area contributed by atoms with Crippen molar-refractivity contribution < 1.29 is 22.7 Å². The van der Waals surface area contributed by atoms with Crippen LogP contribution in [-0.4, -0.2) is 28.0 Å². The standard InChI is InChI=1S/C25H23NO5S/c1-26-32(28,29)21-9-6-19(7-10-21)18-4-2-17(3-5-18)14-24(27)25(12-13-25)20-8-11-22-23(15-20)31-16-30-22/h2-11,15,26H,12-14,16H2,1H3. The van der Waals surface area contributed by atoms with Gasteiger partial charge in [0.25, 0.3) is 0 Å². The molecule has 0 saturated heterocycles. The SMILES string of the molecule is CNS(=O)(=O)c1ccc(-c2ccc(CC(=O)C3(c4ccc5c(c4)OCO5)CC3)cc2)cc1. The highest BCUT2D eigenvalue weighted by Gasteiger charge is 2.50. The molecule has 0 aromatic heterocycles. The van der Waals surface area contributed by atoms with Crippen molar-refractivity contribution in [3.05, 3.63) is 77.9 Å². The van der Waals surface area contributed by atoms with Crippen LogP contribution in [0, 0.1) is 0 Å². The number of Topliss-reactive ketones (excluding diaryl/α,β-unsaturated/α-hetero) is 1. The summed E-state index contributed by atoms with van der Waals surface area (Å²) in [5.74, 6) is 1.65. The fourth-order valence-corrected chi connectivity index (χ4v) is 4.89. The molecule has 0 spiro atoms. The van der Waals surface area contributed by atoms with Gasteiger partial charge in [-0.1, -0.05) is 42.5 Å². The lowest BCUT2D eigenvalue weighted by Crippen LogP contribution is -2.22. The number of benzene rings is 3. The topological polar surface area (TPSA) is 81.7 Å². The molecule has 32 heavy (non-hydrogen) atoms. The van der Waals surface area contributed by atoms with E-state index < -0.39 is 15.4 Å². The Bertz CT molecular complexity index is 1280. The molecule has 3 aromatic rings. The van der Waals surface area contributed by atoms with Crippen LogP contribution in [-0.2, 0) is 26.7 Å². The number of ether oxygens (including phenoxy) is 2. The summed E-state index contributed by atoms with van der Waals surface area (Å²) in [6.07, 6.45) is 2.07. The fourth-order valence-electron chi connectivity index (χ4n) is 4.16. The number of hydrogen-bond donors (Lipinski definition) is 1. The predicted octanol–water partition coefficient (Wildman–Crippen LogP) is 3.83. The Morgan fingerprint density at radius 1 is 0.906 bits per heavy atom. The van der Waals surface area contributed by atoms with E-state index in [9.17, 15) is 13.2 Å². The van der Waals surface area contributed by atoms with Crippen LogP contribution in [0.15, 0.2) is 71.6 Å². The lowest BCUT2D eigenvalue weighted by molar-refractivity contribution is -0.120. The second kappa shape index (κ2) is 7.76. The summed E-state index contributed by atoms with van der Waals surface area (Å²) < 4.78 is 36.9. The zero-order chi connectivity index (χ0) is 22.3. The highest BCUT2D eigenvalue weighted by atomic mass is 32.2. The molecule has 1 fully saturated rings. The first kappa shape index (κ1) is 20.7. The molecular formula is C25H23NO5S. The predicted molar refractivity (Wildman–Crippen MR) is 120 cm³/mol. The highest BCUT2D eigenvalue weighted by Crippen LogP contribution is 2.51. The third kappa shape index (κ3) is 3.67. The van der Waals surface area contributed by atoms with Gasteiger partial charge < -0.3 is 9.47 Å². The van der Waals surface area contributed by atoms with Gasteiger partial charge in [-0.3, -0.25) is 4.79 Å². The van der Waals surface area contributed by atoms with Crippen LogP contribution >= 0.6 is 0 Å². The third-order valence-corrected chi connectivity index (χ3v) is 7.72. The van der Waals surface area contributed by atoms with Crippen LogP contribution in [0.3, 0.4) is 0 Å². The number of sulfonamides is 1. The molecule has 0 atom stereocenters. The van der Waals surface area contributed by atoms with Gasteiger partial charge in [-0.25, -0.2) is 13.1 Å². The van der Waals surface area contributed by atoms with Gasteiger partial charge in [0.2, 0.25) is 16.8 Å². The van der Waals surface area contributed by atoms with Crippen molar-refractivity contribution in [3.8, 4) is 22.6 Å². The van der Waals surface area contributed by atoms with E-state index in [2.05, 4.69) is 4.72 Å². The minimum atomic E-state index is -3.45. The first-order valence-electron chi connectivity index (χ1n) is 10.5. The summed E-state index contributed by atoms with van der Waals surface area (Å²) >= 11 is 0. The molecule has 1 aliphatic heterocycles.